The van der Waals surface area contributed by atoms with Gasteiger partial charge in [0.2, 0.25) is 0 Å². The van der Waals surface area contributed by atoms with Crippen LogP contribution in [0.3, 0.4) is 0 Å². The molecule has 0 saturated heterocycles. The van der Waals surface area contributed by atoms with Gasteiger partial charge in [0.1, 0.15) is 18.2 Å². The second-order valence-electron chi connectivity index (χ2n) is 3.96. The molecule has 19 heavy (non-hydrogen) atoms. The predicted molar refractivity (Wildman–Crippen MR) is 77.8 cm³/mol. The Morgan fingerprint density at radius 2 is 1.89 bits per heavy atom. The van der Waals surface area contributed by atoms with Crippen molar-refractivity contribution in [3.05, 3.63) is 62.8 Å². The zero-order valence-corrected chi connectivity index (χ0v) is 12.3. The quantitative estimate of drug-likeness (QED) is 0.840. The van der Waals surface area contributed by atoms with E-state index in [2.05, 4.69) is 15.9 Å². The molecule has 2 N–H and O–H groups in total. The van der Waals surface area contributed by atoms with Crippen molar-refractivity contribution in [3.8, 4) is 5.75 Å². The van der Waals surface area contributed by atoms with Crippen LogP contribution in [-0.2, 0) is 13.2 Å². The van der Waals surface area contributed by atoms with Crippen molar-refractivity contribution in [2.45, 2.75) is 13.2 Å². The standard InChI is InChI=1S/C14H12BrClFNO/c15-11-5-12(16)13(17)6-14(11)19-8-10-4-2-1-3-9(10)7-18/h1-6H,7-8,18H2. The van der Waals surface area contributed by atoms with E-state index in [1.807, 2.05) is 24.3 Å². The normalized spacial score (nSPS) is 10.5. The molecule has 0 spiro atoms. The summed E-state index contributed by atoms with van der Waals surface area (Å²) in [7, 11) is 0. The summed E-state index contributed by atoms with van der Waals surface area (Å²) in [6.07, 6.45) is 0. The van der Waals surface area contributed by atoms with Crippen LogP contribution in [0.4, 0.5) is 4.39 Å². The molecule has 2 aromatic carbocycles. The summed E-state index contributed by atoms with van der Waals surface area (Å²) in [6, 6.07) is 10.4. The van der Waals surface area contributed by atoms with Gasteiger partial charge in [-0.05, 0) is 33.1 Å². The molecule has 0 saturated carbocycles. The molecule has 0 unspecified atom stereocenters. The molecule has 100 valence electrons. The Bertz CT molecular complexity index is 592. The lowest BCUT2D eigenvalue weighted by molar-refractivity contribution is 0.301. The molecular formula is C14H12BrClFNO. The minimum absolute atomic E-state index is 0.0570. The highest BCUT2D eigenvalue weighted by atomic mass is 79.9. The highest BCUT2D eigenvalue weighted by Crippen LogP contribution is 2.31. The van der Waals surface area contributed by atoms with Gasteiger partial charge in [-0.2, -0.15) is 0 Å². The molecule has 0 radical (unpaired) electrons. The van der Waals surface area contributed by atoms with Gasteiger partial charge in [0, 0.05) is 12.6 Å². The first-order valence-corrected chi connectivity index (χ1v) is 6.83. The van der Waals surface area contributed by atoms with E-state index in [0.29, 0.717) is 23.4 Å². The summed E-state index contributed by atoms with van der Waals surface area (Å²) in [5.74, 6) is -0.0966. The van der Waals surface area contributed by atoms with Crippen molar-refractivity contribution in [1.82, 2.24) is 0 Å². The molecule has 2 nitrogen and oxygen atoms in total. The molecule has 0 heterocycles. The van der Waals surface area contributed by atoms with Gasteiger partial charge in [-0.15, -0.1) is 0 Å². The van der Waals surface area contributed by atoms with E-state index < -0.39 is 5.82 Å². The summed E-state index contributed by atoms with van der Waals surface area (Å²) in [5.41, 5.74) is 7.64. The van der Waals surface area contributed by atoms with Gasteiger partial charge < -0.3 is 10.5 Å². The molecule has 2 rings (SSSR count). The molecule has 0 bridgehead atoms. The highest BCUT2D eigenvalue weighted by Gasteiger charge is 2.09. The minimum atomic E-state index is -0.507. The van der Waals surface area contributed by atoms with Crippen LogP contribution in [0.5, 0.6) is 5.75 Å². The van der Waals surface area contributed by atoms with Crippen LogP contribution >= 0.6 is 27.5 Å². The fourth-order valence-corrected chi connectivity index (χ4v) is 2.42. The van der Waals surface area contributed by atoms with Crippen molar-refractivity contribution in [2.24, 2.45) is 5.73 Å². The van der Waals surface area contributed by atoms with Gasteiger partial charge in [-0.3, -0.25) is 0 Å². The fourth-order valence-electron chi connectivity index (χ4n) is 1.67. The third-order valence-corrected chi connectivity index (χ3v) is 3.61. The van der Waals surface area contributed by atoms with E-state index in [1.165, 1.54) is 12.1 Å². The second-order valence-corrected chi connectivity index (χ2v) is 5.22. The van der Waals surface area contributed by atoms with E-state index in [9.17, 15) is 4.39 Å². The van der Waals surface area contributed by atoms with Crippen LogP contribution in [-0.4, -0.2) is 0 Å². The maximum Gasteiger partial charge on any atom is 0.145 e. The van der Waals surface area contributed by atoms with Gasteiger partial charge in [0.25, 0.3) is 0 Å². The van der Waals surface area contributed by atoms with E-state index in [-0.39, 0.29) is 5.02 Å². The first-order chi connectivity index (χ1) is 9.11. The topological polar surface area (TPSA) is 35.2 Å². The molecule has 0 aliphatic heterocycles. The molecule has 0 aliphatic rings. The van der Waals surface area contributed by atoms with Crippen LogP contribution in [0.25, 0.3) is 0 Å². The summed E-state index contributed by atoms with van der Waals surface area (Å²) in [5, 5.41) is 0.0570. The van der Waals surface area contributed by atoms with Crippen LogP contribution < -0.4 is 10.5 Å². The zero-order chi connectivity index (χ0) is 13.8. The Labute approximate surface area is 124 Å². The summed E-state index contributed by atoms with van der Waals surface area (Å²) >= 11 is 8.96. The number of rotatable bonds is 4. The number of benzene rings is 2. The molecule has 0 aromatic heterocycles. The Morgan fingerprint density at radius 1 is 1.21 bits per heavy atom. The summed E-state index contributed by atoms with van der Waals surface area (Å²) in [6.45, 7) is 0.767. The SMILES string of the molecule is NCc1ccccc1COc1cc(F)c(Cl)cc1Br. The predicted octanol–water partition coefficient (Wildman–Crippen LogP) is 4.28. The second kappa shape index (κ2) is 6.37. The van der Waals surface area contributed by atoms with Crippen LogP contribution in [0, 0.1) is 5.82 Å². The van der Waals surface area contributed by atoms with Crippen molar-refractivity contribution in [2.75, 3.05) is 0 Å². The fraction of sp³-hybridized carbons (Fsp3) is 0.143. The first kappa shape index (κ1) is 14.3. The van der Waals surface area contributed by atoms with E-state index in [0.717, 1.165) is 11.1 Å². The smallest absolute Gasteiger partial charge is 0.145 e. The van der Waals surface area contributed by atoms with Crippen LogP contribution in [0.1, 0.15) is 11.1 Å². The number of ether oxygens (including phenoxy) is 1. The summed E-state index contributed by atoms with van der Waals surface area (Å²) in [4.78, 5) is 0. The number of halogens is 3. The van der Waals surface area contributed by atoms with Gasteiger partial charge in [-0.1, -0.05) is 35.9 Å². The minimum Gasteiger partial charge on any atom is -0.488 e. The molecule has 0 amide bonds. The maximum absolute atomic E-state index is 13.4. The molecule has 2 aromatic rings. The van der Waals surface area contributed by atoms with Crippen LogP contribution in [0.2, 0.25) is 5.02 Å². The number of hydrogen-bond donors (Lipinski definition) is 1. The molecular weight excluding hydrogens is 333 g/mol. The molecule has 0 atom stereocenters. The zero-order valence-electron chi connectivity index (χ0n) is 10.00. The Hall–Kier alpha value is -1.10. The van der Waals surface area contributed by atoms with Crippen molar-refractivity contribution in [3.63, 3.8) is 0 Å². The van der Waals surface area contributed by atoms with Crippen molar-refractivity contribution in [1.29, 1.82) is 0 Å². The monoisotopic (exact) mass is 343 g/mol. The molecule has 0 fully saturated rings. The lowest BCUT2D eigenvalue weighted by Crippen LogP contribution is -2.04. The van der Waals surface area contributed by atoms with E-state index >= 15 is 0 Å². The number of hydrogen-bond acceptors (Lipinski definition) is 2. The van der Waals surface area contributed by atoms with E-state index in [4.69, 9.17) is 22.1 Å². The van der Waals surface area contributed by atoms with Crippen molar-refractivity contribution >= 4 is 27.5 Å². The van der Waals surface area contributed by atoms with Gasteiger partial charge >= 0.3 is 0 Å². The Morgan fingerprint density at radius 3 is 2.58 bits per heavy atom. The third-order valence-electron chi connectivity index (χ3n) is 2.70. The van der Waals surface area contributed by atoms with Gasteiger partial charge in [0.05, 0.1) is 9.50 Å². The Kier molecular flexibility index (Phi) is 4.80. The average molecular weight is 345 g/mol. The molecule has 5 heteroatoms. The molecule has 0 aliphatic carbocycles. The number of nitrogens with two attached hydrogens (primary N) is 1. The first-order valence-electron chi connectivity index (χ1n) is 5.66. The van der Waals surface area contributed by atoms with Gasteiger partial charge in [-0.25, -0.2) is 4.39 Å². The third kappa shape index (κ3) is 3.47. The highest BCUT2D eigenvalue weighted by molar-refractivity contribution is 9.10. The Balaban J connectivity index is 2.17. The van der Waals surface area contributed by atoms with Crippen molar-refractivity contribution < 1.29 is 9.13 Å². The average Bonchev–Trinajstić information content (AvgIpc) is 2.41. The lowest BCUT2D eigenvalue weighted by Gasteiger charge is -2.11. The van der Waals surface area contributed by atoms with E-state index in [1.54, 1.807) is 0 Å². The maximum atomic E-state index is 13.4. The van der Waals surface area contributed by atoms with Crippen LogP contribution in [0.15, 0.2) is 40.9 Å². The van der Waals surface area contributed by atoms with Gasteiger partial charge in [0.15, 0.2) is 0 Å². The summed E-state index contributed by atoms with van der Waals surface area (Å²) < 4.78 is 19.6. The largest absolute Gasteiger partial charge is 0.488 e. The lowest BCUT2D eigenvalue weighted by atomic mass is 10.1.